The van der Waals surface area contributed by atoms with Gasteiger partial charge in [-0.2, -0.15) is 9.64 Å². The first-order valence-electron chi connectivity index (χ1n) is 7.68. The standard InChI is InChI=1S/C16H18N6OS/c1-11-14(15(18-2)24-20-11)16(23)22-7-5-21(6-8-22)13-9-12(10-17)3-4-19-13/h3-4,9,18H,5-8H2,1-2H3. The Hall–Kier alpha value is -2.66. The summed E-state index contributed by atoms with van der Waals surface area (Å²) in [5.74, 6) is 0.800. The number of pyridine rings is 1. The molecule has 24 heavy (non-hydrogen) atoms. The van der Waals surface area contributed by atoms with Crippen molar-refractivity contribution in [1.29, 1.82) is 5.26 Å². The Morgan fingerprint density at radius 2 is 2.12 bits per heavy atom. The quantitative estimate of drug-likeness (QED) is 0.914. The van der Waals surface area contributed by atoms with Gasteiger partial charge in [0.25, 0.3) is 5.91 Å². The third-order valence-corrected chi connectivity index (χ3v) is 5.03. The normalized spacial score (nSPS) is 14.4. The van der Waals surface area contributed by atoms with Crippen LogP contribution < -0.4 is 10.2 Å². The number of aryl methyl sites for hydroxylation is 1. The maximum absolute atomic E-state index is 12.8. The van der Waals surface area contributed by atoms with Crippen LogP contribution in [0.2, 0.25) is 0 Å². The van der Waals surface area contributed by atoms with E-state index in [0.29, 0.717) is 37.3 Å². The summed E-state index contributed by atoms with van der Waals surface area (Å²) in [7, 11) is 1.80. The van der Waals surface area contributed by atoms with Crippen molar-refractivity contribution in [2.45, 2.75) is 6.92 Å². The molecule has 3 heterocycles. The third kappa shape index (κ3) is 3.03. The number of piperazine rings is 1. The minimum absolute atomic E-state index is 0.0176. The van der Waals surface area contributed by atoms with Crippen molar-refractivity contribution in [1.82, 2.24) is 14.3 Å². The molecule has 1 fully saturated rings. The van der Waals surface area contributed by atoms with Gasteiger partial charge in [0.05, 0.1) is 22.9 Å². The van der Waals surface area contributed by atoms with Crippen molar-refractivity contribution in [2.24, 2.45) is 0 Å². The summed E-state index contributed by atoms with van der Waals surface area (Å²) in [5.41, 5.74) is 2.03. The van der Waals surface area contributed by atoms with Crippen molar-refractivity contribution in [3.8, 4) is 6.07 Å². The average molecular weight is 342 g/mol. The van der Waals surface area contributed by atoms with Gasteiger partial charge in [-0.1, -0.05) is 0 Å². The molecule has 7 nitrogen and oxygen atoms in total. The summed E-state index contributed by atoms with van der Waals surface area (Å²) in [5, 5.41) is 12.8. The van der Waals surface area contributed by atoms with E-state index < -0.39 is 0 Å². The Kier molecular flexibility index (Phi) is 4.62. The predicted octanol–water partition coefficient (Wildman–Crippen LogP) is 1.72. The lowest BCUT2D eigenvalue weighted by molar-refractivity contribution is 0.0747. The molecule has 0 atom stereocenters. The van der Waals surface area contributed by atoms with Gasteiger partial charge in [-0.3, -0.25) is 4.79 Å². The van der Waals surface area contributed by atoms with E-state index in [1.807, 2.05) is 11.8 Å². The summed E-state index contributed by atoms with van der Waals surface area (Å²) in [6.45, 7) is 4.49. The molecule has 8 heteroatoms. The first-order valence-corrected chi connectivity index (χ1v) is 8.45. The molecule has 2 aromatic rings. The SMILES string of the molecule is CNc1snc(C)c1C(=O)N1CCN(c2cc(C#N)ccn2)CC1. The number of amides is 1. The second kappa shape index (κ2) is 6.84. The maximum Gasteiger partial charge on any atom is 0.258 e. The fourth-order valence-corrected chi connectivity index (χ4v) is 3.49. The predicted molar refractivity (Wildman–Crippen MR) is 93.5 cm³/mol. The Bertz CT molecular complexity index is 788. The van der Waals surface area contributed by atoms with Gasteiger partial charge in [0, 0.05) is 39.4 Å². The molecule has 0 bridgehead atoms. The van der Waals surface area contributed by atoms with Crippen molar-refractivity contribution in [3.63, 3.8) is 0 Å². The molecule has 1 saturated heterocycles. The zero-order chi connectivity index (χ0) is 17.1. The van der Waals surface area contributed by atoms with Crippen LogP contribution in [0.4, 0.5) is 10.8 Å². The van der Waals surface area contributed by atoms with Crippen LogP contribution in [0.5, 0.6) is 0 Å². The number of nitrogens with zero attached hydrogens (tertiary/aromatic N) is 5. The van der Waals surface area contributed by atoms with Crippen LogP contribution in [0, 0.1) is 18.3 Å². The van der Waals surface area contributed by atoms with Gasteiger partial charge in [-0.05, 0) is 30.6 Å². The van der Waals surface area contributed by atoms with Crippen molar-refractivity contribution in [3.05, 3.63) is 35.2 Å². The van der Waals surface area contributed by atoms with Crippen LogP contribution in [0.15, 0.2) is 18.3 Å². The number of carbonyl (C=O) groups excluding carboxylic acids is 1. The largest absolute Gasteiger partial charge is 0.378 e. The van der Waals surface area contributed by atoms with Crippen LogP contribution >= 0.6 is 11.5 Å². The molecular formula is C16H18N6OS. The highest BCUT2D eigenvalue weighted by molar-refractivity contribution is 7.10. The number of anilines is 2. The number of aromatic nitrogens is 2. The fourth-order valence-electron chi connectivity index (χ4n) is 2.75. The van der Waals surface area contributed by atoms with Crippen molar-refractivity contribution in [2.75, 3.05) is 43.4 Å². The molecule has 3 rings (SSSR count). The van der Waals surface area contributed by atoms with E-state index in [1.165, 1.54) is 11.5 Å². The van der Waals surface area contributed by atoms with Gasteiger partial charge in [0.15, 0.2) is 0 Å². The summed E-state index contributed by atoms with van der Waals surface area (Å²) in [6, 6.07) is 5.60. The molecule has 0 unspecified atom stereocenters. The Morgan fingerprint density at radius 1 is 1.38 bits per heavy atom. The second-order valence-electron chi connectivity index (χ2n) is 5.52. The number of rotatable bonds is 3. The van der Waals surface area contributed by atoms with E-state index in [2.05, 4.69) is 25.6 Å². The zero-order valence-electron chi connectivity index (χ0n) is 13.6. The van der Waals surface area contributed by atoms with Crippen LogP contribution in [-0.2, 0) is 0 Å². The Balaban J connectivity index is 1.69. The molecule has 2 aromatic heterocycles. The smallest absolute Gasteiger partial charge is 0.258 e. The molecule has 0 saturated carbocycles. The van der Waals surface area contributed by atoms with Gasteiger partial charge in [0.1, 0.15) is 10.8 Å². The topological polar surface area (TPSA) is 85.2 Å². The van der Waals surface area contributed by atoms with Gasteiger partial charge in [0.2, 0.25) is 0 Å². The number of hydrogen-bond donors (Lipinski definition) is 1. The Morgan fingerprint density at radius 3 is 2.79 bits per heavy atom. The second-order valence-corrected chi connectivity index (χ2v) is 6.29. The lowest BCUT2D eigenvalue weighted by Crippen LogP contribution is -2.49. The lowest BCUT2D eigenvalue weighted by atomic mass is 10.2. The van der Waals surface area contributed by atoms with Crippen molar-refractivity contribution >= 4 is 28.3 Å². The van der Waals surface area contributed by atoms with E-state index in [-0.39, 0.29) is 5.91 Å². The summed E-state index contributed by atoms with van der Waals surface area (Å²) >= 11 is 1.31. The van der Waals surface area contributed by atoms with E-state index in [4.69, 9.17) is 5.26 Å². The Labute approximate surface area is 144 Å². The zero-order valence-corrected chi connectivity index (χ0v) is 14.4. The third-order valence-electron chi connectivity index (χ3n) is 4.07. The van der Waals surface area contributed by atoms with Gasteiger partial charge >= 0.3 is 0 Å². The monoisotopic (exact) mass is 342 g/mol. The number of nitriles is 1. The minimum atomic E-state index is 0.0176. The molecule has 1 aliphatic rings. The molecule has 0 spiro atoms. The molecule has 0 radical (unpaired) electrons. The first kappa shape index (κ1) is 16.2. The minimum Gasteiger partial charge on any atom is -0.378 e. The molecule has 1 aliphatic heterocycles. The highest BCUT2D eigenvalue weighted by atomic mass is 32.1. The summed E-state index contributed by atoms with van der Waals surface area (Å²) in [4.78, 5) is 21.1. The van der Waals surface area contributed by atoms with Gasteiger partial charge in [-0.25, -0.2) is 4.98 Å². The van der Waals surface area contributed by atoms with Crippen LogP contribution in [0.25, 0.3) is 0 Å². The lowest BCUT2D eigenvalue weighted by Gasteiger charge is -2.35. The van der Waals surface area contributed by atoms with Crippen LogP contribution in [0.1, 0.15) is 21.6 Å². The van der Waals surface area contributed by atoms with Gasteiger partial charge < -0.3 is 15.1 Å². The first-order chi connectivity index (χ1) is 11.6. The highest BCUT2D eigenvalue weighted by Crippen LogP contribution is 2.26. The molecule has 1 N–H and O–H groups in total. The number of hydrogen-bond acceptors (Lipinski definition) is 7. The highest BCUT2D eigenvalue weighted by Gasteiger charge is 2.27. The van der Waals surface area contributed by atoms with Crippen LogP contribution in [0.3, 0.4) is 0 Å². The van der Waals surface area contributed by atoms with E-state index in [1.54, 1.807) is 25.4 Å². The molecule has 0 aliphatic carbocycles. The van der Waals surface area contributed by atoms with E-state index in [9.17, 15) is 4.79 Å². The molecule has 124 valence electrons. The number of nitrogens with one attached hydrogen (secondary N) is 1. The molecule has 1 amide bonds. The van der Waals surface area contributed by atoms with Crippen LogP contribution in [-0.4, -0.2) is 53.4 Å². The maximum atomic E-state index is 12.8. The van der Waals surface area contributed by atoms with Gasteiger partial charge in [-0.15, -0.1) is 0 Å². The fraction of sp³-hybridized carbons (Fsp3) is 0.375. The van der Waals surface area contributed by atoms with Crippen molar-refractivity contribution < 1.29 is 4.79 Å². The summed E-state index contributed by atoms with van der Waals surface area (Å²) < 4.78 is 4.27. The summed E-state index contributed by atoms with van der Waals surface area (Å²) in [6.07, 6.45) is 1.64. The van der Waals surface area contributed by atoms with E-state index >= 15 is 0 Å². The average Bonchev–Trinajstić information content (AvgIpc) is 3.02. The molecular weight excluding hydrogens is 324 g/mol. The number of carbonyl (C=O) groups is 1. The molecule has 0 aromatic carbocycles. The van der Waals surface area contributed by atoms with E-state index in [0.717, 1.165) is 16.5 Å².